The Morgan fingerprint density at radius 1 is 1.18 bits per heavy atom. The summed E-state index contributed by atoms with van der Waals surface area (Å²) in [7, 11) is 1.74. The Hall–Kier alpha value is -1.91. The van der Waals surface area contributed by atoms with Gasteiger partial charge in [-0.15, -0.1) is 0 Å². The van der Waals surface area contributed by atoms with Gasteiger partial charge in [0.05, 0.1) is 5.39 Å². The van der Waals surface area contributed by atoms with Crippen LogP contribution in [0.2, 0.25) is 0 Å². The molecule has 0 aliphatic carbocycles. The van der Waals surface area contributed by atoms with Crippen molar-refractivity contribution in [1.82, 2.24) is 14.5 Å². The van der Waals surface area contributed by atoms with Crippen LogP contribution in [0.4, 0.5) is 5.82 Å². The number of hydrogen-bond acceptors (Lipinski definition) is 4. The van der Waals surface area contributed by atoms with Crippen LogP contribution in [0, 0.1) is 0 Å². The molecule has 0 N–H and O–H groups in total. The van der Waals surface area contributed by atoms with Gasteiger partial charge in [0.25, 0.3) is 5.56 Å². The van der Waals surface area contributed by atoms with Gasteiger partial charge in [0.1, 0.15) is 17.8 Å². The van der Waals surface area contributed by atoms with E-state index < -0.39 is 0 Å². The highest BCUT2D eigenvalue weighted by molar-refractivity contribution is 5.86. The van der Waals surface area contributed by atoms with Crippen LogP contribution in [0.5, 0.6) is 0 Å². The van der Waals surface area contributed by atoms with Crippen LogP contribution in [0.1, 0.15) is 12.8 Å². The quantitative estimate of drug-likeness (QED) is 0.731. The Morgan fingerprint density at radius 3 is 2.71 bits per heavy atom. The van der Waals surface area contributed by atoms with Crippen molar-refractivity contribution in [3.05, 3.63) is 28.8 Å². The highest BCUT2D eigenvalue weighted by atomic mass is 16.1. The fourth-order valence-corrected chi connectivity index (χ4v) is 2.35. The Labute approximate surface area is 98.7 Å². The molecule has 1 aliphatic heterocycles. The van der Waals surface area contributed by atoms with E-state index in [1.165, 1.54) is 19.2 Å². The van der Waals surface area contributed by atoms with Crippen molar-refractivity contribution in [1.29, 1.82) is 0 Å². The number of aryl methyl sites for hydroxylation is 1. The first-order chi connectivity index (χ1) is 8.27. The molecule has 17 heavy (non-hydrogen) atoms. The van der Waals surface area contributed by atoms with E-state index in [-0.39, 0.29) is 5.56 Å². The smallest absolute Gasteiger partial charge is 0.251 e. The zero-order chi connectivity index (χ0) is 11.8. The van der Waals surface area contributed by atoms with Crippen LogP contribution in [-0.4, -0.2) is 27.6 Å². The summed E-state index contributed by atoms with van der Waals surface area (Å²) in [6.45, 7) is 2.07. The van der Waals surface area contributed by atoms with E-state index in [4.69, 9.17) is 0 Å². The lowest BCUT2D eigenvalue weighted by atomic mass is 10.3. The van der Waals surface area contributed by atoms with Gasteiger partial charge < -0.3 is 4.90 Å². The molecule has 3 rings (SSSR count). The third-order valence-corrected chi connectivity index (χ3v) is 3.29. The maximum Gasteiger partial charge on any atom is 0.251 e. The number of anilines is 1. The SMILES string of the molecule is Cn1c(=O)ccc2c(N3CCCC3)ncnc21. The summed E-state index contributed by atoms with van der Waals surface area (Å²) in [6.07, 6.45) is 3.95. The number of rotatable bonds is 1. The van der Waals surface area contributed by atoms with Gasteiger partial charge in [0, 0.05) is 26.2 Å². The molecule has 3 heterocycles. The summed E-state index contributed by atoms with van der Waals surface area (Å²) < 4.78 is 1.57. The van der Waals surface area contributed by atoms with Crippen molar-refractivity contribution in [2.24, 2.45) is 7.05 Å². The summed E-state index contributed by atoms with van der Waals surface area (Å²) in [5, 5.41) is 0.955. The largest absolute Gasteiger partial charge is 0.356 e. The van der Waals surface area contributed by atoms with Gasteiger partial charge in [0.2, 0.25) is 0 Å². The molecule has 1 saturated heterocycles. The highest BCUT2D eigenvalue weighted by Gasteiger charge is 2.17. The minimum atomic E-state index is -0.0384. The van der Waals surface area contributed by atoms with E-state index in [1.807, 2.05) is 6.07 Å². The second-order valence-corrected chi connectivity index (χ2v) is 4.36. The topological polar surface area (TPSA) is 51.0 Å². The van der Waals surface area contributed by atoms with Crippen LogP contribution < -0.4 is 10.5 Å². The average molecular weight is 230 g/mol. The molecule has 0 unspecified atom stereocenters. The van der Waals surface area contributed by atoms with Crippen LogP contribution in [0.3, 0.4) is 0 Å². The van der Waals surface area contributed by atoms with Gasteiger partial charge in [-0.05, 0) is 18.9 Å². The van der Waals surface area contributed by atoms with E-state index in [9.17, 15) is 4.79 Å². The van der Waals surface area contributed by atoms with Gasteiger partial charge in [0.15, 0.2) is 0 Å². The molecule has 5 heteroatoms. The first-order valence-corrected chi connectivity index (χ1v) is 5.83. The Bertz CT molecular complexity index is 613. The van der Waals surface area contributed by atoms with Crippen molar-refractivity contribution < 1.29 is 0 Å². The number of nitrogens with zero attached hydrogens (tertiary/aromatic N) is 4. The standard InChI is InChI=1S/C12H14N4O/c1-15-10(17)5-4-9-11(15)13-8-14-12(9)16-6-2-3-7-16/h4-5,8H,2-3,6-7H2,1H3. The minimum Gasteiger partial charge on any atom is -0.356 e. The molecular weight excluding hydrogens is 216 g/mol. The van der Waals surface area contributed by atoms with E-state index >= 15 is 0 Å². The van der Waals surface area contributed by atoms with Crippen molar-refractivity contribution in [3.63, 3.8) is 0 Å². The number of aromatic nitrogens is 3. The monoisotopic (exact) mass is 230 g/mol. The van der Waals surface area contributed by atoms with Crippen molar-refractivity contribution in [3.8, 4) is 0 Å². The molecule has 0 amide bonds. The van der Waals surface area contributed by atoms with Gasteiger partial charge in [-0.25, -0.2) is 9.97 Å². The molecule has 0 atom stereocenters. The summed E-state index contributed by atoms with van der Waals surface area (Å²) in [4.78, 5) is 22.4. The van der Waals surface area contributed by atoms with Gasteiger partial charge >= 0.3 is 0 Å². The summed E-state index contributed by atoms with van der Waals surface area (Å²) >= 11 is 0. The van der Waals surface area contributed by atoms with Gasteiger partial charge in [-0.2, -0.15) is 0 Å². The molecule has 0 spiro atoms. The van der Waals surface area contributed by atoms with E-state index in [0.717, 1.165) is 24.3 Å². The molecule has 2 aromatic rings. The zero-order valence-corrected chi connectivity index (χ0v) is 9.76. The Balaban J connectivity index is 2.26. The van der Waals surface area contributed by atoms with Crippen LogP contribution >= 0.6 is 0 Å². The fourth-order valence-electron chi connectivity index (χ4n) is 2.35. The van der Waals surface area contributed by atoms with Gasteiger partial charge in [-0.1, -0.05) is 0 Å². The lowest BCUT2D eigenvalue weighted by Crippen LogP contribution is -2.22. The first-order valence-electron chi connectivity index (χ1n) is 5.83. The third-order valence-electron chi connectivity index (χ3n) is 3.29. The van der Waals surface area contributed by atoms with E-state index in [1.54, 1.807) is 17.7 Å². The molecule has 1 fully saturated rings. The summed E-state index contributed by atoms with van der Waals surface area (Å²) in [5.41, 5.74) is 0.665. The fraction of sp³-hybridized carbons (Fsp3) is 0.417. The molecule has 5 nitrogen and oxygen atoms in total. The predicted molar refractivity (Wildman–Crippen MR) is 66.2 cm³/mol. The molecular formula is C12H14N4O. The second-order valence-electron chi connectivity index (χ2n) is 4.36. The summed E-state index contributed by atoms with van der Waals surface area (Å²) in [6, 6.07) is 3.40. The normalized spacial score (nSPS) is 15.7. The maximum absolute atomic E-state index is 11.6. The lowest BCUT2D eigenvalue weighted by molar-refractivity contribution is 0.874. The zero-order valence-electron chi connectivity index (χ0n) is 9.76. The summed E-state index contributed by atoms with van der Waals surface area (Å²) in [5.74, 6) is 0.947. The number of hydrogen-bond donors (Lipinski definition) is 0. The molecule has 2 aromatic heterocycles. The Kier molecular flexibility index (Phi) is 2.31. The minimum absolute atomic E-state index is 0.0384. The number of pyridine rings is 1. The van der Waals surface area contributed by atoms with Crippen molar-refractivity contribution in [2.75, 3.05) is 18.0 Å². The molecule has 0 radical (unpaired) electrons. The van der Waals surface area contributed by atoms with Gasteiger partial charge in [-0.3, -0.25) is 9.36 Å². The van der Waals surface area contributed by atoms with Crippen molar-refractivity contribution >= 4 is 16.9 Å². The van der Waals surface area contributed by atoms with Crippen molar-refractivity contribution in [2.45, 2.75) is 12.8 Å². The molecule has 1 aliphatic rings. The predicted octanol–water partition coefficient (Wildman–Crippen LogP) is 0.929. The van der Waals surface area contributed by atoms with Crippen LogP contribution in [0.15, 0.2) is 23.3 Å². The van der Waals surface area contributed by atoms with E-state index in [2.05, 4.69) is 14.9 Å². The molecule has 88 valence electrons. The third kappa shape index (κ3) is 1.58. The molecule has 0 bridgehead atoms. The van der Waals surface area contributed by atoms with Crippen LogP contribution in [-0.2, 0) is 7.05 Å². The maximum atomic E-state index is 11.6. The average Bonchev–Trinajstić information content (AvgIpc) is 2.87. The molecule has 0 aromatic carbocycles. The Morgan fingerprint density at radius 2 is 1.94 bits per heavy atom. The first kappa shape index (κ1) is 10.3. The highest BCUT2D eigenvalue weighted by Crippen LogP contribution is 2.24. The van der Waals surface area contributed by atoms with Crippen LogP contribution in [0.25, 0.3) is 11.0 Å². The molecule has 0 saturated carbocycles. The lowest BCUT2D eigenvalue weighted by Gasteiger charge is -2.18. The number of fused-ring (bicyclic) bond motifs is 1. The van der Waals surface area contributed by atoms with E-state index in [0.29, 0.717) is 5.65 Å². The second kappa shape index (κ2) is 3.84.